The molecule has 0 radical (unpaired) electrons. The zero-order chi connectivity index (χ0) is 11.3. The second-order valence-corrected chi connectivity index (χ2v) is 4.33. The first-order valence-corrected chi connectivity index (χ1v) is 5.46. The highest BCUT2D eigenvalue weighted by Gasteiger charge is 2.06. The Bertz CT molecular complexity index is 283. The molecule has 0 fully saturated rings. The van der Waals surface area contributed by atoms with Gasteiger partial charge >= 0.3 is 0 Å². The predicted molar refractivity (Wildman–Crippen MR) is 60.7 cm³/mol. The van der Waals surface area contributed by atoms with Gasteiger partial charge in [0.25, 0.3) is 0 Å². The molecule has 0 aliphatic heterocycles. The van der Waals surface area contributed by atoms with E-state index in [0.717, 1.165) is 12.4 Å². The Kier molecular flexibility index (Phi) is 4.78. The second-order valence-electron chi connectivity index (χ2n) is 4.33. The molecule has 0 aliphatic carbocycles. The lowest BCUT2D eigenvalue weighted by atomic mass is 10.2. The quantitative estimate of drug-likeness (QED) is 0.731. The van der Waals surface area contributed by atoms with Gasteiger partial charge < -0.3 is 15.0 Å². The lowest BCUT2D eigenvalue weighted by molar-refractivity contribution is 0.149. The highest BCUT2D eigenvalue weighted by Crippen LogP contribution is 1.97. The molecule has 1 rings (SSSR count). The Labute approximate surface area is 91.3 Å². The molecular formula is C11H21N3O. The van der Waals surface area contributed by atoms with Crippen molar-refractivity contribution in [1.82, 2.24) is 14.9 Å². The molecular weight excluding hydrogens is 190 g/mol. The van der Waals surface area contributed by atoms with Gasteiger partial charge in [-0.1, -0.05) is 13.8 Å². The number of nitrogens with one attached hydrogen (secondary N) is 1. The normalized spacial score (nSPS) is 13.4. The highest BCUT2D eigenvalue weighted by atomic mass is 16.3. The number of aryl methyl sites for hydroxylation is 1. The Morgan fingerprint density at radius 3 is 2.73 bits per heavy atom. The number of nitrogens with zero attached hydrogens (tertiary/aromatic N) is 2. The number of aliphatic hydroxyl groups is 1. The molecule has 2 N–H and O–H groups in total. The lowest BCUT2D eigenvalue weighted by Crippen LogP contribution is -2.32. The van der Waals surface area contributed by atoms with Crippen LogP contribution in [0.5, 0.6) is 0 Å². The van der Waals surface area contributed by atoms with E-state index in [2.05, 4.69) is 24.1 Å². The molecule has 0 bridgehead atoms. The summed E-state index contributed by atoms with van der Waals surface area (Å²) in [6.07, 6.45) is 3.29. The Morgan fingerprint density at radius 1 is 1.47 bits per heavy atom. The smallest absolute Gasteiger partial charge is 0.105 e. The fraction of sp³-hybridized carbons (Fsp3) is 0.727. The largest absolute Gasteiger partial charge is 0.390 e. The summed E-state index contributed by atoms with van der Waals surface area (Å²) in [5.41, 5.74) is 0. The monoisotopic (exact) mass is 211 g/mol. The molecule has 0 spiro atoms. The van der Waals surface area contributed by atoms with Gasteiger partial charge in [-0.05, 0) is 19.4 Å². The minimum atomic E-state index is -0.350. The first-order chi connectivity index (χ1) is 7.09. The molecule has 0 saturated heterocycles. The third-order valence-corrected chi connectivity index (χ3v) is 2.26. The molecule has 1 atom stereocenters. The van der Waals surface area contributed by atoms with E-state index in [4.69, 9.17) is 0 Å². The van der Waals surface area contributed by atoms with Crippen molar-refractivity contribution in [3.63, 3.8) is 0 Å². The topological polar surface area (TPSA) is 50.1 Å². The van der Waals surface area contributed by atoms with Gasteiger partial charge in [0.05, 0.1) is 12.6 Å². The van der Waals surface area contributed by atoms with Crippen molar-refractivity contribution in [1.29, 1.82) is 0 Å². The maximum absolute atomic E-state index is 9.75. The summed E-state index contributed by atoms with van der Waals surface area (Å²) in [6.45, 7) is 8.43. The van der Waals surface area contributed by atoms with Crippen LogP contribution in [0.1, 0.15) is 19.7 Å². The number of aliphatic hydroxyl groups excluding tert-OH is 1. The van der Waals surface area contributed by atoms with E-state index in [0.29, 0.717) is 19.0 Å². The summed E-state index contributed by atoms with van der Waals surface area (Å²) >= 11 is 0. The van der Waals surface area contributed by atoms with Crippen LogP contribution >= 0.6 is 0 Å². The molecule has 1 aromatic rings. The number of hydrogen-bond donors (Lipinski definition) is 2. The van der Waals surface area contributed by atoms with Crippen molar-refractivity contribution in [3.8, 4) is 0 Å². The summed E-state index contributed by atoms with van der Waals surface area (Å²) in [7, 11) is 0. The van der Waals surface area contributed by atoms with E-state index in [-0.39, 0.29) is 6.10 Å². The van der Waals surface area contributed by atoms with Crippen LogP contribution in [-0.4, -0.2) is 33.9 Å². The Morgan fingerprint density at radius 2 is 2.20 bits per heavy atom. The predicted octanol–water partition coefficient (Wildman–Crippen LogP) is 0.798. The van der Waals surface area contributed by atoms with Crippen LogP contribution in [0.3, 0.4) is 0 Å². The van der Waals surface area contributed by atoms with Crippen LogP contribution in [0.25, 0.3) is 0 Å². The van der Waals surface area contributed by atoms with Gasteiger partial charge in [0.1, 0.15) is 5.82 Å². The van der Waals surface area contributed by atoms with Crippen molar-refractivity contribution in [2.75, 3.05) is 13.1 Å². The van der Waals surface area contributed by atoms with Gasteiger partial charge in [-0.25, -0.2) is 4.98 Å². The van der Waals surface area contributed by atoms with Gasteiger partial charge in [-0.2, -0.15) is 0 Å². The summed E-state index contributed by atoms with van der Waals surface area (Å²) < 4.78 is 1.96. The third kappa shape index (κ3) is 4.44. The maximum atomic E-state index is 9.75. The SMILES string of the molecule is Cc1nccn1CC(O)CNCC(C)C. The summed E-state index contributed by atoms with van der Waals surface area (Å²) in [5.74, 6) is 1.56. The van der Waals surface area contributed by atoms with Crippen LogP contribution in [0, 0.1) is 12.8 Å². The van der Waals surface area contributed by atoms with E-state index in [1.54, 1.807) is 6.20 Å². The molecule has 0 aliphatic rings. The standard InChI is InChI=1S/C11H21N3O/c1-9(2)6-12-7-11(15)8-14-5-4-13-10(14)3/h4-5,9,11-12,15H,6-8H2,1-3H3. The first kappa shape index (κ1) is 12.2. The minimum Gasteiger partial charge on any atom is -0.390 e. The molecule has 1 heterocycles. The number of imidazole rings is 1. The highest BCUT2D eigenvalue weighted by molar-refractivity contribution is 4.89. The fourth-order valence-electron chi connectivity index (χ4n) is 1.43. The van der Waals surface area contributed by atoms with E-state index in [9.17, 15) is 5.11 Å². The molecule has 4 heteroatoms. The van der Waals surface area contributed by atoms with Crippen LogP contribution in [-0.2, 0) is 6.54 Å². The van der Waals surface area contributed by atoms with Crippen LogP contribution in [0.2, 0.25) is 0 Å². The van der Waals surface area contributed by atoms with Crippen LogP contribution in [0.15, 0.2) is 12.4 Å². The average Bonchev–Trinajstić information content (AvgIpc) is 2.51. The summed E-state index contributed by atoms with van der Waals surface area (Å²) in [4.78, 5) is 4.11. The number of rotatable bonds is 6. The zero-order valence-electron chi connectivity index (χ0n) is 9.77. The second kappa shape index (κ2) is 5.88. The van der Waals surface area contributed by atoms with Crippen molar-refractivity contribution < 1.29 is 5.11 Å². The lowest BCUT2D eigenvalue weighted by Gasteiger charge is -2.14. The molecule has 86 valence electrons. The summed E-state index contributed by atoms with van der Waals surface area (Å²) in [5, 5.41) is 13.0. The van der Waals surface area contributed by atoms with E-state index in [1.165, 1.54) is 0 Å². The summed E-state index contributed by atoms with van der Waals surface area (Å²) in [6, 6.07) is 0. The van der Waals surface area contributed by atoms with Gasteiger partial charge in [0, 0.05) is 18.9 Å². The third-order valence-electron chi connectivity index (χ3n) is 2.26. The Balaban J connectivity index is 2.24. The first-order valence-electron chi connectivity index (χ1n) is 5.46. The van der Waals surface area contributed by atoms with E-state index in [1.807, 2.05) is 17.7 Å². The van der Waals surface area contributed by atoms with E-state index < -0.39 is 0 Å². The van der Waals surface area contributed by atoms with Gasteiger partial charge in [-0.3, -0.25) is 0 Å². The zero-order valence-corrected chi connectivity index (χ0v) is 9.77. The molecule has 1 aromatic heterocycles. The van der Waals surface area contributed by atoms with Crippen molar-refractivity contribution in [3.05, 3.63) is 18.2 Å². The maximum Gasteiger partial charge on any atom is 0.105 e. The minimum absolute atomic E-state index is 0.350. The molecule has 4 nitrogen and oxygen atoms in total. The molecule has 0 saturated carbocycles. The van der Waals surface area contributed by atoms with Crippen LogP contribution < -0.4 is 5.32 Å². The van der Waals surface area contributed by atoms with Crippen molar-refractivity contribution in [2.24, 2.45) is 5.92 Å². The van der Waals surface area contributed by atoms with Crippen molar-refractivity contribution in [2.45, 2.75) is 33.4 Å². The van der Waals surface area contributed by atoms with Crippen molar-refractivity contribution >= 4 is 0 Å². The molecule has 0 amide bonds. The van der Waals surface area contributed by atoms with E-state index >= 15 is 0 Å². The molecule has 1 unspecified atom stereocenters. The number of aromatic nitrogens is 2. The van der Waals surface area contributed by atoms with Gasteiger partial charge in [0.15, 0.2) is 0 Å². The molecule has 15 heavy (non-hydrogen) atoms. The Hall–Kier alpha value is -0.870. The number of hydrogen-bond acceptors (Lipinski definition) is 3. The molecule has 0 aromatic carbocycles. The fourth-order valence-corrected chi connectivity index (χ4v) is 1.43. The van der Waals surface area contributed by atoms with Crippen LogP contribution in [0.4, 0.5) is 0 Å². The van der Waals surface area contributed by atoms with Gasteiger partial charge in [-0.15, -0.1) is 0 Å². The average molecular weight is 211 g/mol. The van der Waals surface area contributed by atoms with Gasteiger partial charge in [0.2, 0.25) is 0 Å².